The van der Waals surface area contributed by atoms with E-state index in [1.807, 2.05) is 0 Å². The minimum absolute atomic E-state index is 0.258. The maximum atomic E-state index is 6.09. The van der Waals surface area contributed by atoms with Crippen molar-refractivity contribution in [3.63, 3.8) is 0 Å². The monoisotopic (exact) mass is 275 g/mol. The number of rotatable bonds is 6. The van der Waals surface area contributed by atoms with Crippen molar-refractivity contribution < 1.29 is 9.47 Å². The molecule has 2 fully saturated rings. The molecular weight excluding hydrogens is 250 g/mol. The van der Waals surface area contributed by atoms with E-state index in [2.05, 4.69) is 37.4 Å². The van der Waals surface area contributed by atoms with Crippen LogP contribution in [0.2, 0.25) is 0 Å². The lowest BCUT2D eigenvalue weighted by molar-refractivity contribution is 0.0261. The topological polar surface area (TPSA) is 30.5 Å². The molecule has 1 saturated carbocycles. The van der Waals surface area contributed by atoms with E-state index >= 15 is 0 Å². The first-order valence-electron chi connectivity index (χ1n) is 7.82. The van der Waals surface area contributed by atoms with Gasteiger partial charge in [-0.3, -0.25) is 0 Å². The van der Waals surface area contributed by atoms with Crippen LogP contribution in [-0.2, 0) is 11.3 Å². The van der Waals surface area contributed by atoms with Gasteiger partial charge in [-0.2, -0.15) is 0 Å². The van der Waals surface area contributed by atoms with Crippen LogP contribution in [0, 0.1) is 6.92 Å². The molecule has 0 amide bonds. The summed E-state index contributed by atoms with van der Waals surface area (Å²) in [7, 11) is 0. The summed E-state index contributed by atoms with van der Waals surface area (Å²) in [5.74, 6) is 1.05. The molecule has 1 N–H and O–H groups in total. The van der Waals surface area contributed by atoms with Gasteiger partial charge in [-0.1, -0.05) is 18.2 Å². The van der Waals surface area contributed by atoms with Gasteiger partial charge in [0.05, 0.1) is 12.2 Å². The highest BCUT2D eigenvalue weighted by Crippen LogP contribution is 2.27. The highest BCUT2D eigenvalue weighted by atomic mass is 16.5. The fourth-order valence-corrected chi connectivity index (χ4v) is 2.78. The molecule has 1 saturated heterocycles. The largest absolute Gasteiger partial charge is 0.490 e. The third kappa shape index (κ3) is 3.53. The third-order valence-corrected chi connectivity index (χ3v) is 4.19. The van der Waals surface area contributed by atoms with E-state index in [0.29, 0.717) is 12.7 Å². The van der Waals surface area contributed by atoms with Gasteiger partial charge in [-0.05, 0) is 45.1 Å². The van der Waals surface area contributed by atoms with Gasteiger partial charge in [-0.25, -0.2) is 0 Å². The van der Waals surface area contributed by atoms with Crippen molar-refractivity contribution in [1.82, 2.24) is 5.32 Å². The Balaban J connectivity index is 1.60. The van der Waals surface area contributed by atoms with Crippen LogP contribution in [0.25, 0.3) is 0 Å². The number of aryl methyl sites for hydroxylation is 1. The van der Waals surface area contributed by atoms with Crippen LogP contribution in [0.15, 0.2) is 18.2 Å². The van der Waals surface area contributed by atoms with Crippen LogP contribution in [0.1, 0.15) is 43.7 Å². The fourth-order valence-electron chi connectivity index (χ4n) is 2.78. The van der Waals surface area contributed by atoms with Gasteiger partial charge >= 0.3 is 0 Å². The molecule has 1 heterocycles. The van der Waals surface area contributed by atoms with Crippen LogP contribution in [0.3, 0.4) is 0 Å². The van der Waals surface area contributed by atoms with Crippen LogP contribution >= 0.6 is 0 Å². The Bertz CT molecular complexity index is 456. The summed E-state index contributed by atoms with van der Waals surface area (Å²) >= 11 is 0. The minimum Gasteiger partial charge on any atom is -0.490 e. The second-order valence-corrected chi connectivity index (χ2v) is 6.18. The maximum absolute atomic E-state index is 6.09. The first-order valence-corrected chi connectivity index (χ1v) is 7.82. The van der Waals surface area contributed by atoms with E-state index < -0.39 is 0 Å². The van der Waals surface area contributed by atoms with Gasteiger partial charge in [0.25, 0.3) is 0 Å². The quantitative estimate of drug-likeness (QED) is 0.865. The van der Waals surface area contributed by atoms with Gasteiger partial charge in [0, 0.05) is 18.2 Å². The number of benzene rings is 1. The fraction of sp³-hybridized carbons (Fsp3) is 0.647. The Morgan fingerprint density at radius 2 is 2.10 bits per heavy atom. The van der Waals surface area contributed by atoms with Crippen molar-refractivity contribution >= 4 is 0 Å². The predicted molar refractivity (Wildman–Crippen MR) is 80.1 cm³/mol. The van der Waals surface area contributed by atoms with Crippen molar-refractivity contribution in [2.24, 2.45) is 0 Å². The van der Waals surface area contributed by atoms with E-state index in [-0.39, 0.29) is 6.10 Å². The van der Waals surface area contributed by atoms with Crippen molar-refractivity contribution in [2.45, 2.75) is 64.3 Å². The first kappa shape index (κ1) is 13.9. The summed E-state index contributed by atoms with van der Waals surface area (Å²) in [5, 5.41) is 3.56. The first-order chi connectivity index (χ1) is 9.72. The minimum atomic E-state index is 0.258. The molecule has 0 aromatic heterocycles. The SMILES string of the molecule is Cc1cccc(CNC2CC2)c1OCC1CCC(C)O1. The Morgan fingerprint density at radius 1 is 1.25 bits per heavy atom. The van der Waals surface area contributed by atoms with Gasteiger partial charge in [0.1, 0.15) is 12.4 Å². The molecule has 0 radical (unpaired) electrons. The predicted octanol–water partition coefficient (Wildman–Crippen LogP) is 3.19. The molecule has 0 spiro atoms. The van der Waals surface area contributed by atoms with Gasteiger partial charge in [-0.15, -0.1) is 0 Å². The zero-order chi connectivity index (χ0) is 13.9. The summed E-state index contributed by atoms with van der Waals surface area (Å²) in [6.45, 7) is 5.84. The number of ether oxygens (including phenoxy) is 2. The van der Waals surface area contributed by atoms with Crippen LogP contribution in [0.5, 0.6) is 5.75 Å². The van der Waals surface area contributed by atoms with Crippen molar-refractivity contribution in [3.05, 3.63) is 29.3 Å². The lowest BCUT2D eigenvalue weighted by atomic mass is 10.1. The number of hydrogen-bond donors (Lipinski definition) is 1. The molecule has 0 bridgehead atoms. The molecule has 20 heavy (non-hydrogen) atoms. The highest BCUT2D eigenvalue weighted by molar-refractivity contribution is 5.40. The molecule has 1 aromatic carbocycles. The molecular formula is C17H25NO2. The Kier molecular flexibility index (Phi) is 4.27. The van der Waals surface area contributed by atoms with E-state index in [1.54, 1.807) is 0 Å². The summed E-state index contributed by atoms with van der Waals surface area (Å²) in [6, 6.07) is 7.12. The average molecular weight is 275 g/mol. The second kappa shape index (κ2) is 6.15. The van der Waals surface area contributed by atoms with E-state index in [9.17, 15) is 0 Å². The number of nitrogens with one attached hydrogen (secondary N) is 1. The zero-order valence-electron chi connectivity index (χ0n) is 12.5. The molecule has 3 nitrogen and oxygen atoms in total. The molecule has 2 aliphatic rings. The van der Waals surface area contributed by atoms with Crippen molar-refractivity contribution in [1.29, 1.82) is 0 Å². The summed E-state index contributed by atoms with van der Waals surface area (Å²) in [6.07, 6.45) is 5.54. The Morgan fingerprint density at radius 3 is 2.80 bits per heavy atom. The smallest absolute Gasteiger partial charge is 0.126 e. The molecule has 1 aromatic rings. The third-order valence-electron chi connectivity index (χ3n) is 4.19. The highest BCUT2D eigenvalue weighted by Gasteiger charge is 2.23. The zero-order valence-corrected chi connectivity index (χ0v) is 12.5. The van der Waals surface area contributed by atoms with Gasteiger partial charge in [0.15, 0.2) is 0 Å². The lowest BCUT2D eigenvalue weighted by Crippen LogP contribution is -2.20. The maximum Gasteiger partial charge on any atom is 0.126 e. The van der Waals surface area contributed by atoms with E-state index in [4.69, 9.17) is 9.47 Å². The van der Waals surface area contributed by atoms with Crippen LogP contribution < -0.4 is 10.1 Å². The second-order valence-electron chi connectivity index (χ2n) is 6.18. The van der Waals surface area contributed by atoms with E-state index in [0.717, 1.165) is 31.2 Å². The molecule has 1 aliphatic carbocycles. The lowest BCUT2D eigenvalue weighted by Gasteiger charge is -2.17. The van der Waals surface area contributed by atoms with Crippen LogP contribution in [0.4, 0.5) is 0 Å². The van der Waals surface area contributed by atoms with E-state index in [1.165, 1.54) is 24.0 Å². The number of hydrogen-bond acceptors (Lipinski definition) is 3. The molecule has 2 unspecified atom stereocenters. The summed E-state index contributed by atoms with van der Waals surface area (Å²) in [4.78, 5) is 0. The Hall–Kier alpha value is -1.06. The molecule has 1 aliphatic heterocycles. The summed E-state index contributed by atoms with van der Waals surface area (Å²) < 4.78 is 11.9. The number of para-hydroxylation sites is 1. The molecule has 3 rings (SSSR count). The Labute approximate surface area is 121 Å². The van der Waals surface area contributed by atoms with Gasteiger partial charge < -0.3 is 14.8 Å². The van der Waals surface area contributed by atoms with Crippen LogP contribution in [-0.4, -0.2) is 24.9 Å². The van der Waals surface area contributed by atoms with Crippen molar-refractivity contribution in [3.8, 4) is 5.75 Å². The standard InChI is InChI=1S/C17H25NO2/c1-12-4-3-5-14(10-18-15-7-8-15)17(12)19-11-16-9-6-13(2)20-16/h3-5,13,15-16,18H,6-11H2,1-2H3. The normalized spacial score (nSPS) is 25.9. The molecule has 3 heteroatoms. The molecule has 110 valence electrons. The molecule has 2 atom stereocenters. The van der Waals surface area contributed by atoms with Gasteiger partial charge in [0.2, 0.25) is 0 Å². The van der Waals surface area contributed by atoms with Crippen molar-refractivity contribution in [2.75, 3.05) is 6.61 Å². The summed E-state index contributed by atoms with van der Waals surface area (Å²) in [5.41, 5.74) is 2.48. The average Bonchev–Trinajstić information content (AvgIpc) is 3.17.